The number of ether oxygens (including phenoxy) is 2. The summed E-state index contributed by atoms with van der Waals surface area (Å²) in [6, 6.07) is 22.9. The first-order chi connectivity index (χ1) is 16.3. The first-order valence-corrected chi connectivity index (χ1v) is 12.3. The van der Waals surface area contributed by atoms with Gasteiger partial charge in [-0.1, -0.05) is 31.5 Å². The zero-order valence-corrected chi connectivity index (χ0v) is 20.2. The molecule has 0 bridgehead atoms. The van der Waals surface area contributed by atoms with Crippen LogP contribution in [0.5, 0.6) is 11.5 Å². The molecule has 1 N–H and O–H groups in total. The average Bonchev–Trinajstić information content (AvgIpc) is 2.83. The third-order valence-corrected chi connectivity index (χ3v) is 6.14. The fourth-order valence-electron chi connectivity index (χ4n) is 3.07. The molecule has 0 heterocycles. The summed E-state index contributed by atoms with van der Waals surface area (Å²) in [6.45, 7) is 6.50. The molecule has 0 aliphatic heterocycles. The largest absolute Gasteiger partial charge is 0.490 e. The number of sulfonamides is 1. The van der Waals surface area contributed by atoms with Crippen LogP contribution in [-0.4, -0.2) is 27.3 Å². The van der Waals surface area contributed by atoms with Crippen molar-refractivity contribution in [3.05, 3.63) is 89.5 Å². The van der Waals surface area contributed by atoms with Gasteiger partial charge >= 0.3 is 0 Å². The molecule has 0 radical (unpaired) electrons. The highest BCUT2D eigenvalue weighted by Crippen LogP contribution is 2.17. The molecule has 0 atom stereocenters. The number of aryl methyl sites for hydroxylation is 1. The van der Waals surface area contributed by atoms with Crippen LogP contribution in [0.4, 0.5) is 0 Å². The number of rotatable bonds is 10. The van der Waals surface area contributed by atoms with Crippen LogP contribution in [-0.2, 0) is 10.0 Å². The van der Waals surface area contributed by atoms with Gasteiger partial charge in [0.05, 0.1) is 22.2 Å². The lowest BCUT2D eigenvalue weighted by molar-refractivity contribution is 0.217. The number of nitrogens with zero attached hydrogens (tertiary/aromatic N) is 2. The van der Waals surface area contributed by atoms with Gasteiger partial charge in [-0.2, -0.15) is 23.6 Å². The SMILES string of the molecule is Cc1ccc(S(=O)(=O)N/N=C(/c2ccc(OCCOc3ccc(C#N)cc3)cc2)C(C)C)cc1. The van der Waals surface area contributed by atoms with E-state index >= 15 is 0 Å². The number of nitrogens with one attached hydrogen (secondary N) is 1. The van der Waals surface area contributed by atoms with E-state index < -0.39 is 10.0 Å². The molecule has 0 saturated carbocycles. The molecule has 34 heavy (non-hydrogen) atoms. The highest BCUT2D eigenvalue weighted by Gasteiger charge is 2.15. The second-order valence-corrected chi connectivity index (χ2v) is 9.58. The lowest BCUT2D eigenvalue weighted by Crippen LogP contribution is -2.22. The second-order valence-electron chi connectivity index (χ2n) is 7.92. The van der Waals surface area contributed by atoms with Crippen LogP contribution < -0.4 is 14.3 Å². The number of hydrogen-bond donors (Lipinski definition) is 1. The van der Waals surface area contributed by atoms with E-state index in [2.05, 4.69) is 16.0 Å². The maximum atomic E-state index is 12.6. The van der Waals surface area contributed by atoms with E-state index in [0.29, 0.717) is 36.0 Å². The van der Waals surface area contributed by atoms with Gasteiger partial charge in [0, 0.05) is 0 Å². The molecule has 0 saturated heterocycles. The van der Waals surface area contributed by atoms with Gasteiger partial charge in [0.25, 0.3) is 10.0 Å². The van der Waals surface area contributed by atoms with Crippen LogP contribution >= 0.6 is 0 Å². The predicted octanol–water partition coefficient (Wildman–Crippen LogP) is 4.66. The van der Waals surface area contributed by atoms with Crippen molar-refractivity contribution in [3.63, 3.8) is 0 Å². The van der Waals surface area contributed by atoms with Crippen LogP contribution in [0, 0.1) is 24.2 Å². The normalized spacial score (nSPS) is 11.7. The Balaban J connectivity index is 1.59. The maximum Gasteiger partial charge on any atom is 0.276 e. The molecule has 3 rings (SSSR count). The molecule has 7 nitrogen and oxygen atoms in total. The first kappa shape index (κ1) is 24.8. The summed E-state index contributed by atoms with van der Waals surface area (Å²) in [5, 5.41) is 13.0. The zero-order valence-electron chi connectivity index (χ0n) is 19.4. The van der Waals surface area contributed by atoms with Crippen molar-refractivity contribution in [2.24, 2.45) is 11.0 Å². The van der Waals surface area contributed by atoms with Gasteiger partial charge < -0.3 is 9.47 Å². The highest BCUT2D eigenvalue weighted by molar-refractivity contribution is 7.89. The van der Waals surface area contributed by atoms with E-state index in [0.717, 1.165) is 11.1 Å². The van der Waals surface area contributed by atoms with Crippen molar-refractivity contribution < 1.29 is 17.9 Å². The van der Waals surface area contributed by atoms with E-state index in [-0.39, 0.29) is 10.8 Å². The van der Waals surface area contributed by atoms with E-state index in [1.54, 1.807) is 48.5 Å². The molecule has 8 heteroatoms. The zero-order chi connectivity index (χ0) is 24.6. The Kier molecular flexibility index (Phi) is 8.28. The molecule has 0 unspecified atom stereocenters. The fraction of sp³-hybridized carbons (Fsp3) is 0.231. The van der Waals surface area contributed by atoms with Crippen LogP contribution in [0.3, 0.4) is 0 Å². The number of benzene rings is 3. The van der Waals surface area contributed by atoms with Crippen LogP contribution in [0.1, 0.15) is 30.5 Å². The van der Waals surface area contributed by atoms with Gasteiger partial charge in [-0.25, -0.2) is 0 Å². The summed E-state index contributed by atoms with van der Waals surface area (Å²) in [6.07, 6.45) is 0. The lowest BCUT2D eigenvalue weighted by atomic mass is 10.0. The number of hydrogen-bond acceptors (Lipinski definition) is 6. The quantitative estimate of drug-likeness (QED) is 0.260. The molecule has 3 aromatic carbocycles. The van der Waals surface area contributed by atoms with E-state index in [1.807, 2.05) is 45.0 Å². The Labute approximate surface area is 200 Å². The Morgan fingerprint density at radius 2 is 1.44 bits per heavy atom. The van der Waals surface area contributed by atoms with Crippen LogP contribution in [0.25, 0.3) is 0 Å². The molecule has 0 fully saturated rings. The van der Waals surface area contributed by atoms with Gasteiger partial charge in [-0.3, -0.25) is 0 Å². The van der Waals surface area contributed by atoms with Gasteiger partial charge in [0.1, 0.15) is 24.7 Å². The molecule has 0 aromatic heterocycles. The van der Waals surface area contributed by atoms with Crippen molar-refractivity contribution in [1.29, 1.82) is 5.26 Å². The molecule has 0 amide bonds. The highest BCUT2D eigenvalue weighted by atomic mass is 32.2. The van der Waals surface area contributed by atoms with Crippen molar-refractivity contribution in [3.8, 4) is 17.6 Å². The first-order valence-electron chi connectivity index (χ1n) is 10.8. The second kappa shape index (κ2) is 11.3. The van der Waals surface area contributed by atoms with Crippen LogP contribution in [0.2, 0.25) is 0 Å². The van der Waals surface area contributed by atoms with E-state index in [4.69, 9.17) is 14.7 Å². The lowest BCUT2D eigenvalue weighted by Gasteiger charge is -2.13. The summed E-state index contributed by atoms with van der Waals surface area (Å²) in [4.78, 5) is 2.51. The minimum Gasteiger partial charge on any atom is -0.490 e. The minimum atomic E-state index is -3.76. The van der Waals surface area contributed by atoms with Gasteiger partial charge in [-0.15, -0.1) is 0 Å². The fourth-order valence-corrected chi connectivity index (χ4v) is 3.89. The van der Waals surface area contributed by atoms with Crippen molar-refractivity contribution in [2.75, 3.05) is 13.2 Å². The Hall–Kier alpha value is -3.83. The number of hydrazone groups is 1. The summed E-state index contributed by atoms with van der Waals surface area (Å²) in [5.41, 5.74) is 2.97. The summed E-state index contributed by atoms with van der Waals surface area (Å²) in [7, 11) is -3.76. The summed E-state index contributed by atoms with van der Waals surface area (Å²) >= 11 is 0. The molecule has 176 valence electrons. The molecule has 3 aromatic rings. The van der Waals surface area contributed by atoms with Crippen LogP contribution in [0.15, 0.2) is 82.8 Å². The van der Waals surface area contributed by atoms with Crippen molar-refractivity contribution >= 4 is 15.7 Å². The average molecular weight is 478 g/mol. The Morgan fingerprint density at radius 3 is 1.94 bits per heavy atom. The standard InChI is InChI=1S/C26H27N3O4S/c1-19(2)26(28-29-34(30,31)25-14-4-20(3)5-15-25)22-8-12-24(13-9-22)33-17-16-32-23-10-6-21(18-27)7-11-23/h4-15,19,29H,16-17H2,1-3H3/b28-26+. The van der Waals surface area contributed by atoms with Gasteiger partial charge in [-0.05, 0) is 79.1 Å². The van der Waals surface area contributed by atoms with Crippen molar-refractivity contribution in [1.82, 2.24) is 4.83 Å². The Morgan fingerprint density at radius 1 is 0.912 bits per heavy atom. The topological polar surface area (TPSA) is 101 Å². The molecule has 0 aliphatic rings. The monoisotopic (exact) mass is 477 g/mol. The smallest absolute Gasteiger partial charge is 0.276 e. The molecular formula is C26H27N3O4S. The molecular weight excluding hydrogens is 450 g/mol. The van der Waals surface area contributed by atoms with Gasteiger partial charge in [0.15, 0.2) is 0 Å². The third kappa shape index (κ3) is 6.83. The van der Waals surface area contributed by atoms with Crippen molar-refractivity contribution in [2.45, 2.75) is 25.7 Å². The number of nitriles is 1. The van der Waals surface area contributed by atoms with E-state index in [1.165, 1.54) is 0 Å². The third-order valence-electron chi connectivity index (χ3n) is 4.92. The predicted molar refractivity (Wildman–Crippen MR) is 131 cm³/mol. The summed E-state index contributed by atoms with van der Waals surface area (Å²) < 4.78 is 36.5. The maximum absolute atomic E-state index is 12.6. The molecule has 0 aliphatic carbocycles. The minimum absolute atomic E-state index is 0.00620. The van der Waals surface area contributed by atoms with E-state index in [9.17, 15) is 8.42 Å². The Bertz CT molecular complexity index is 1260. The van der Waals surface area contributed by atoms with Gasteiger partial charge in [0.2, 0.25) is 0 Å². The summed E-state index contributed by atoms with van der Waals surface area (Å²) in [5.74, 6) is 1.33. The molecule has 0 spiro atoms.